The van der Waals surface area contributed by atoms with E-state index >= 15 is 0 Å². The topological polar surface area (TPSA) is 74.3 Å². The minimum Gasteiger partial charge on any atom is -0.384 e. The summed E-state index contributed by atoms with van der Waals surface area (Å²) < 4.78 is 27.4. The fourth-order valence-electron chi connectivity index (χ4n) is 2.17. The number of aromatic nitrogens is 1. The Bertz CT molecular complexity index is 545. The molecule has 1 aromatic rings. The number of nitrogens with zero attached hydrogens (tertiary/aromatic N) is 2. The number of rotatable bonds is 7. The van der Waals surface area contributed by atoms with Gasteiger partial charge in [-0.15, -0.1) is 0 Å². The largest absolute Gasteiger partial charge is 0.384 e. The van der Waals surface area contributed by atoms with Crippen molar-refractivity contribution in [2.24, 2.45) is 0 Å². The summed E-state index contributed by atoms with van der Waals surface area (Å²) in [6, 6.07) is 1.68. The first kappa shape index (κ1) is 16.5. The Balaban J connectivity index is 1.94. The maximum atomic E-state index is 12.4. The third kappa shape index (κ3) is 4.84. The van der Waals surface area contributed by atoms with Gasteiger partial charge in [-0.25, -0.2) is 13.1 Å². The third-order valence-corrected chi connectivity index (χ3v) is 5.70. The highest BCUT2D eigenvalue weighted by atomic mass is 32.2. The maximum absolute atomic E-state index is 12.4. The van der Waals surface area contributed by atoms with Crippen molar-refractivity contribution >= 4 is 27.5 Å². The highest BCUT2D eigenvalue weighted by Gasteiger charge is 2.19. The van der Waals surface area contributed by atoms with E-state index in [1.54, 1.807) is 12.3 Å². The van der Waals surface area contributed by atoms with Gasteiger partial charge in [-0.3, -0.25) is 4.98 Å². The molecule has 1 fully saturated rings. The molecule has 1 saturated heterocycles. The van der Waals surface area contributed by atoms with E-state index in [2.05, 4.69) is 19.9 Å². The van der Waals surface area contributed by atoms with Crippen LogP contribution in [0.25, 0.3) is 0 Å². The number of nitrogens with one attached hydrogen (secondary N) is 2. The van der Waals surface area contributed by atoms with Gasteiger partial charge >= 0.3 is 0 Å². The van der Waals surface area contributed by atoms with Crippen molar-refractivity contribution in [1.82, 2.24) is 14.6 Å². The fraction of sp³-hybridized carbons (Fsp3) is 0.615. The number of pyridine rings is 1. The van der Waals surface area contributed by atoms with Gasteiger partial charge in [-0.2, -0.15) is 11.8 Å². The zero-order valence-electron chi connectivity index (χ0n) is 12.2. The Morgan fingerprint density at radius 2 is 2.14 bits per heavy atom. The standard InChI is InChI=1S/C13H22N4O2S2/c1-2-15-12-3-4-14-11-13(12)21(18,19)16-5-6-17-7-9-20-10-8-17/h3-4,11,16H,2,5-10H2,1H3,(H,14,15). The lowest BCUT2D eigenvalue weighted by Crippen LogP contribution is -2.39. The zero-order chi connectivity index (χ0) is 15.1. The molecular formula is C13H22N4O2S2. The molecule has 118 valence electrons. The Labute approximate surface area is 130 Å². The summed E-state index contributed by atoms with van der Waals surface area (Å²) in [6.45, 7) is 5.82. The predicted octanol–water partition coefficient (Wildman–Crippen LogP) is 0.841. The van der Waals surface area contributed by atoms with Crippen LogP contribution in [0.15, 0.2) is 23.4 Å². The molecule has 0 radical (unpaired) electrons. The average Bonchev–Trinajstić information content (AvgIpc) is 2.49. The molecule has 6 nitrogen and oxygen atoms in total. The zero-order valence-corrected chi connectivity index (χ0v) is 13.8. The number of sulfonamides is 1. The van der Waals surface area contributed by atoms with Gasteiger partial charge in [0.15, 0.2) is 0 Å². The van der Waals surface area contributed by atoms with Crippen molar-refractivity contribution in [3.8, 4) is 0 Å². The second-order valence-corrected chi connectivity index (χ2v) is 7.71. The first-order chi connectivity index (χ1) is 10.1. The SMILES string of the molecule is CCNc1ccncc1S(=O)(=O)NCCN1CCSCC1. The van der Waals surface area contributed by atoms with Crippen molar-refractivity contribution < 1.29 is 8.42 Å². The van der Waals surface area contributed by atoms with Crippen molar-refractivity contribution in [3.05, 3.63) is 18.5 Å². The van der Waals surface area contributed by atoms with E-state index in [1.807, 2.05) is 18.7 Å². The lowest BCUT2D eigenvalue weighted by atomic mass is 10.4. The van der Waals surface area contributed by atoms with Gasteiger partial charge in [0, 0.05) is 56.6 Å². The molecular weight excluding hydrogens is 308 g/mol. The molecule has 0 saturated carbocycles. The van der Waals surface area contributed by atoms with Crippen molar-refractivity contribution in [3.63, 3.8) is 0 Å². The monoisotopic (exact) mass is 330 g/mol. The van der Waals surface area contributed by atoms with Gasteiger partial charge in [0.1, 0.15) is 4.90 Å². The van der Waals surface area contributed by atoms with E-state index in [-0.39, 0.29) is 4.90 Å². The molecule has 21 heavy (non-hydrogen) atoms. The van der Waals surface area contributed by atoms with Crippen LogP contribution in [0.4, 0.5) is 5.69 Å². The highest BCUT2D eigenvalue weighted by molar-refractivity contribution is 7.99. The normalized spacial score (nSPS) is 16.8. The summed E-state index contributed by atoms with van der Waals surface area (Å²) in [4.78, 5) is 6.41. The molecule has 0 aromatic carbocycles. The van der Waals surface area contributed by atoms with Crippen LogP contribution in [0, 0.1) is 0 Å². The Hall–Kier alpha value is -0.830. The molecule has 2 heterocycles. The summed E-state index contributed by atoms with van der Waals surface area (Å²) in [5.74, 6) is 2.25. The van der Waals surface area contributed by atoms with Crippen LogP contribution >= 0.6 is 11.8 Å². The minimum atomic E-state index is -3.52. The summed E-state index contributed by atoms with van der Waals surface area (Å²) >= 11 is 1.95. The second kappa shape index (κ2) is 7.98. The summed E-state index contributed by atoms with van der Waals surface area (Å²) in [5.41, 5.74) is 0.592. The first-order valence-corrected chi connectivity index (χ1v) is 9.75. The van der Waals surface area contributed by atoms with E-state index in [0.29, 0.717) is 18.8 Å². The first-order valence-electron chi connectivity index (χ1n) is 7.11. The van der Waals surface area contributed by atoms with Gasteiger partial charge in [-0.1, -0.05) is 0 Å². The Morgan fingerprint density at radius 1 is 1.38 bits per heavy atom. The van der Waals surface area contributed by atoms with Gasteiger partial charge in [-0.05, 0) is 13.0 Å². The summed E-state index contributed by atoms with van der Waals surface area (Å²) in [7, 11) is -3.52. The van der Waals surface area contributed by atoms with Crippen LogP contribution in [0.2, 0.25) is 0 Å². The lowest BCUT2D eigenvalue weighted by molar-refractivity contribution is 0.307. The van der Waals surface area contributed by atoms with Crippen LogP contribution in [-0.2, 0) is 10.0 Å². The van der Waals surface area contributed by atoms with Crippen LogP contribution in [0.1, 0.15) is 6.92 Å². The molecule has 8 heteroatoms. The molecule has 1 aliphatic rings. The molecule has 0 unspecified atom stereocenters. The summed E-state index contributed by atoms with van der Waals surface area (Å²) in [5, 5.41) is 3.05. The lowest BCUT2D eigenvalue weighted by Gasteiger charge is -2.26. The quantitative estimate of drug-likeness (QED) is 0.772. The minimum absolute atomic E-state index is 0.209. The fourth-order valence-corrected chi connectivity index (χ4v) is 4.29. The van der Waals surface area contributed by atoms with Gasteiger partial charge in [0.05, 0.1) is 5.69 Å². The third-order valence-electron chi connectivity index (χ3n) is 3.27. The molecule has 0 amide bonds. The van der Waals surface area contributed by atoms with E-state index in [4.69, 9.17) is 0 Å². The molecule has 1 aliphatic heterocycles. The molecule has 0 spiro atoms. The highest BCUT2D eigenvalue weighted by Crippen LogP contribution is 2.18. The van der Waals surface area contributed by atoms with Crippen molar-refractivity contribution in [2.45, 2.75) is 11.8 Å². The Kier molecular flexibility index (Phi) is 6.28. The number of hydrogen-bond donors (Lipinski definition) is 2. The Morgan fingerprint density at radius 3 is 2.86 bits per heavy atom. The van der Waals surface area contributed by atoms with E-state index in [0.717, 1.165) is 31.1 Å². The molecule has 0 bridgehead atoms. The molecule has 1 aromatic heterocycles. The van der Waals surface area contributed by atoms with E-state index in [1.165, 1.54) is 6.20 Å². The smallest absolute Gasteiger partial charge is 0.244 e. The van der Waals surface area contributed by atoms with Crippen LogP contribution in [0.5, 0.6) is 0 Å². The van der Waals surface area contributed by atoms with Crippen LogP contribution < -0.4 is 10.0 Å². The molecule has 0 atom stereocenters. The van der Waals surface area contributed by atoms with E-state index < -0.39 is 10.0 Å². The summed E-state index contributed by atoms with van der Waals surface area (Å²) in [6.07, 6.45) is 2.97. The van der Waals surface area contributed by atoms with Gasteiger partial charge in [0.2, 0.25) is 10.0 Å². The predicted molar refractivity (Wildman–Crippen MR) is 87.4 cm³/mol. The second-order valence-electron chi connectivity index (χ2n) is 4.75. The van der Waals surface area contributed by atoms with Crippen LogP contribution in [0.3, 0.4) is 0 Å². The molecule has 0 aliphatic carbocycles. The molecule has 2 rings (SSSR count). The van der Waals surface area contributed by atoms with Crippen molar-refractivity contribution in [2.75, 3.05) is 49.5 Å². The van der Waals surface area contributed by atoms with Crippen molar-refractivity contribution in [1.29, 1.82) is 0 Å². The van der Waals surface area contributed by atoms with Gasteiger partial charge < -0.3 is 10.2 Å². The number of hydrogen-bond acceptors (Lipinski definition) is 6. The maximum Gasteiger partial charge on any atom is 0.244 e. The number of anilines is 1. The van der Waals surface area contributed by atoms with Gasteiger partial charge in [0.25, 0.3) is 0 Å². The molecule has 2 N–H and O–H groups in total. The van der Waals surface area contributed by atoms with E-state index in [9.17, 15) is 8.42 Å². The number of thioether (sulfide) groups is 1. The van der Waals surface area contributed by atoms with Crippen LogP contribution in [-0.4, -0.2) is 62.5 Å². The average molecular weight is 330 g/mol.